The SMILES string of the molecule is O=C(NCCc1nc2ccccc2s1)C1CCN(C(=O)/C=C/c2ccccc2)CC1. The zero-order chi connectivity index (χ0) is 20.8. The summed E-state index contributed by atoms with van der Waals surface area (Å²) in [5, 5.41) is 4.09. The van der Waals surface area contributed by atoms with Crippen molar-refractivity contribution in [3.63, 3.8) is 0 Å². The average molecular weight is 420 g/mol. The molecule has 0 bridgehead atoms. The number of amides is 2. The topological polar surface area (TPSA) is 62.3 Å². The Morgan fingerprint density at radius 2 is 1.80 bits per heavy atom. The number of piperidine rings is 1. The number of thiazole rings is 1. The minimum atomic E-state index is -0.0254. The molecule has 3 aromatic rings. The number of para-hydroxylation sites is 1. The maximum atomic E-state index is 12.5. The van der Waals surface area contributed by atoms with Crippen LogP contribution < -0.4 is 5.32 Å². The number of aromatic nitrogens is 1. The molecule has 0 unspecified atom stereocenters. The van der Waals surface area contributed by atoms with Gasteiger partial charge in [0.15, 0.2) is 0 Å². The number of likely N-dealkylation sites (tertiary alicyclic amines) is 1. The Bertz CT molecular complexity index is 1000. The van der Waals surface area contributed by atoms with E-state index in [0.29, 0.717) is 32.5 Å². The van der Waals surface area contributed by atoms with Crippen molar-refractivity contribution in [1.29, 1.82) is 0 Å². The fourth-order valence-electron chi connectivity index (χ4n) is 3.66. The van der Waals surface area contributed by atoms with Crippen molar-refractivity contribution in [3.05, 3.63) is 71.2 Å². The highest BCUT2D eigenvalue weighted by Crippen LogP contribution is 2.22. The molecule has 0 radical (unpaired) electrons. The quantitative estimate of drug-likeness (QED) is 0.616. The summed E-state index contributed by atoms with van der Waals surface area (Å²) in [6.45, 7) is 1.83. The van der Waals surface area contributed by atoms with Crippen LogP contribution in [0, 0.1) is 5.92 Å². The number of rotatable bonds is 6. The van der Waals surface area contributed by atoms with Crippen LogP contribution >= 0.6 is 11.3 Å². The summed E-state index contributed by atoms with van der Waals surface area (Å²) in [6, 6.07) is 17.9. The van der Waals surface area contributed by atoms with E-state index < -0.39 is 0 Å². The Morgan fingerprint density at radius 1 is 1.07 bits per heavy atom. The fraction of sp³-hybridized carbons (Fsp3) is 0.292. The van der Waals surface area contributed by atoms with Crippen molar-refractivity contribution in [1.82, 2.24) is 15.2 Å². The summed E-state index contributed by atoms with van der Waals surface area (Å²) < 4.78 is 1.18. The van der Waals surface area contributed by atoms with Gasteiger partial charge in [-0.3, -0.25) is 9.59 Å². The first-order valence-electron chi connectivity index (χ1n) is 10.3. The maximum absolute atomic E-state index is 12.5. The molecule has 30 heavy (non-hydrogen) atoms. The van der Waals surface area contributed by atoms with Gasteiger partial charge >= 0.3 is 0 Å². The van der Waals surface area contributed by atoms with Crippen LogP contribution in [0.15, 0.2) is 60.7 Å². The van der Waals surface area contributed by atoms with Crippen molar-refractivity contribution >= 4 is 39.4 Å². The number of nitrogens with zero attached hydrogens (tertiary/aromatic N) is 2. The van der Waals surface area contributed by atoms with Crippen LogP contribution in [0.3, 0.4) is 0 Å². The number of fused-ring (bicyclic) bond motifs is 1. The van der Waals surface area contributed by atoms with Crippen molar-refractivity contribution in [2.24, 2.45) is 5.92 Å². The van der Waals surface area contributed by atoms with Gasteiger partial charge in [0.25, 0.3) is 0 Å². The van der Waals surface area contributed by atoms with Crippen molar-refractivity contribution in [2.45, 2.75) is 19.3 Å². The second kappa shape index (κ2) is 9.67. The third-order valence-electron chi connectivity index (χ3n) is 5.37. The van der Waals surface area contributed by atoms with Crippen LogP contribution in [0.4, 0.5) is 0 Å². The molecule has 0 spiro atoms. The average Bonchev–Trinajstić information content (AvgIpc) is 3.21. The van der Waals surface area contributed by atoms with Crippen molar-refractivity contribution < 1.29 is 9.59 Å². The minimum absolute atomic E-state index is 0.00791. The summed E-state index contributed by atoms with van der Waals surface area (Å²) in [5.74, 6) is 0.0686. The van der Waals surface area contributed by atoms with Crippen molar-refractivity contribution in [2.75, 3.05) is 19.6 Å². The Hall–Kier alpha value is -2.99. The third-order valence-corrected chi connectivity index (χ3v) is 6.47. The Kier molecular flexibility index (Phi) is 6.54. The molecule has 5 nitrogen and oxygen atoms in total. The lowest BCUT2D eigenvalue weighted by molar-refractivity contribution is -0.132. The molecule has 2 aromatic carbocycles. The Balaban J connectivity index is 1.20. The molecular formula is C24H25N3O2S. The van der Waals surface area contributed by atoms with Crippen LogP contribution in [-0.2, 0) is 16.0 Å². The van der Waals surface area contributed by atoms with E-state index in [0.717, 1.165) is 22.5 Å². The van der Waals surface area contributed by atoms with Gasteiger partial charge in [-0.05, 0) is 36.6 Å². The first-order chi connectivity index (χ1) is 14.7. The predicted octanol–water partition coefficient (Wildman–Crippen LogP) is 3.91. The molecule has 1 aliphatic rings. The molecule has 0 aliphatic carbocycles. The molecule has 6 heteroatoms. The number of hydrogen-bond donors (Lipinski definition) is 1. The van der Waals surface area contributed by atoms with Gasteiger partial charge < -0.3 is 10.2 Å². The van der Waals surface area contributed by atoms with Gasteiger partial charge in [-0.15, -0.1) is 11.3 Å². The zero-order valence-electron chi connectivity index (χ0n) is 16.8. The van der Waals surface area contributed by atoms with Gasteiger partial charge in [-0.2, -0.15) is 0 Å². The molecule has 1 aromatic heterocycles. The van der Waals surface area contributed by atoms with Gasteiger partial charge in [0, 0.05) is 38.0 Å². The number of hydrogen-bond acceptors (Lipinski definition) is 4. The Labute approximate surface area is 180 Å². The highest BCUT2D eigenvalue weighted by Gasteiger charge is 2.26. The molecule has 1 N–H and O–H groups in total. The predicted molar refractivity (Wildman–Crippen MR) is 121 cm³/mol. The fourth-order valence-corrected chi connectivity index (χ4v) is 4.63. The molecule has 4 rings (SSSR count). The molecular weight excluding hydrogens is 394 g/mol. The lowest BCUT2D eigenvalue weighted by Crippen LogP contribution is -2.42. The van der Waals surface area contributed by atoms with Gasteiger partial charge in [0.05, 0.1) is 15.2 Å². The second-order valence-electron chi connectivity index (χ2n) is 7.46. The lowest BCUT2D eigenvalue weighted by Gasteiger charge is -2.30. The van der Waals surface area contributed by atoms with E-state index in [4.69, 9.17) is 0 Å². The molecule has 1 saturated heterocycles. The highest BCUT2D eigenvalue weighted by molar-refractivity contribution is 7.18. The Morgan fingerprint density at radius 3 is 2.57 bits per heavy atom. The highest BCUT2D eigenvalue weighted by atomic mass is 32.1. The summed E-state index contributed by atoms with van der Waals surface area (Å²) in [4.78, 5) is 31.3. The first-order valence-corrected chi connectivity index (χ1v) is 11.1. The van der Waals surface area contributed by atoms with Gasteiger partial charge in [-0.25, -0.2) is 4.98 Å². The van der Waals surface area contributed by atoms with Crippen molar-refractivity contribution in [3.8, 4) is 0 Å². The van der Waals surface area contributed by atoms with Crippen LogP contribution in [0.5, 0.6) is 0 Å². The number of carbonyl (C=O) groups is 2. The maximum Gasteiger partial charge on any atom is 0.246 e. The van der Waals surface area contributed by atoms with E-state index in [1.807, 2.05) is 59.5 Å². The second-order valence-corrected chi connectivity index (χ2v) is 8.58. The van der Waals surface area contributed by atoms with E-state index in [1.54, 1.807) is 17.4 Å². The minimum Gasteiger partial charge on any atom is -0.355 e. The lowest BCUT2D eigenvalue weighted by atomic mass is 9.96. The summed E-state index contributed by atoms with van der Waals surface area (Å²) in [7, 11) is 0. The molecule has 0 atom stereocenters. The molecule has 2 amide bonds. The largest absolute Gasteiger partial charge is 0.355 e. The zero-order valence-corrected chi connectivity index (χ0v) is 17.6. The first kappa shape index (κ1) is 20.3. The number of carbonyl (C=O) groups excluding carboxylic acids is 2. The smallest absolute Gasteiger partial charge is 0.246 e. The van der Waals surface area contributed by atoms with Gasteiger partial charge in [0.1, 0.15) is 0 Å². The molecule has 154 valence electrons. The van der Waals surface area contributed by atoms with Gasteiger partial charge in [0.2, 0.25) is 11.8 Å². The van der Waals surface area contributed by atoms with Gasteiger partial charge in [-0.1, -0.05) is 42.5 Å². The normalized spacial score (nSPS) is 15.0. The summed E-state index contributed by atoms with van der Waals surface area (Å²) in [6.07, 6.45) is 5.61. The van der Waals surface area contributed by atoms with Crippen LogP contribution in [0.1, 0.15) is 23.4 Å². The molecule has 0 saturated carbocycles. The van der Waals surface area contributed by atoms with E-state index >= 15 is 0 Å². The number of benzene rings is 2. The van der Waals surface area contributed by atoms with Crippen LogP contribution in [-0.4, -0.2) is 41.3 Å². The molecule has 1 aliphatic heterocycles. The van der Waals surface area contributed by atoms with E-state index in [-0.39, 0.29) is 17.7 Å². The van der Waals surface area contributed by atoms with Crippen LogP contribution in [0.25, 0.3) is 16.3 Å². The molecule has 2 heterocycles. The van der Waals surface area contributed by atoms with Crippen LogP contribution in [0.2, 0.25) is 0 Å². The van der Waals surface area contributed by atoms with E-state index in [9.17, 15) is 9.59 Å². The van der Waals surface area contributed by atoms with E-state index in [2.05, 4.69) is 16.4 Å². The molecule has 1 fully saturated rings. The standard InChI is InChI=1S/C24H25N3O2S/c28-23(11-10-18-6-2-1-3-7-18)27-16-13-19(14-17-27)24(29)25-15-12-22-26-20-8-4-5-9-21(20)30-22/h1-11,19H,12-17H2,(H,25,29)/b11-10+. The summed E-state index contributed by atoms with van der Waals surface area (Å²) >= 11 is 1.68. The third kappa shape index (κ3) is 5.13. The van der Waals surface area contributed by atoms with E-state index in [1.165, 1.54) is 4.70 Å². The monoisotopic (exact) mass is 419 g/mol. The number of nitrogens with one attached hydrogen (secondary N) is 1. The summed E-state index contributed by atoms with van der Waals surface area (Å²) in [5.41, 5.74) is 2.02.